The highest BCUT2D eigenvalue weighted by Gasteiger charge is 2.51. The average Bonchev–Trinajstić information content (AvgIpc) is 3.41. The third kappa shape index (κ3) is 6.64. The molecule has 0 atom stereocenters. The van der Waals surface area contributed by atoms with Crippen molar-refractivity contribution >= 4 is 12.6 Å². The fraction of sp³-hybridized carbons (Fsp3) is 0.133. The summed E-state index contributed by atoms with van der Waals surface area (Å²) in [6.07, 6.45) is 0. The van der Waals surface area contributed by atoms with Gasteiger partial charge in [-0.05, 0) is 90.8 Å². The van der Waals surface area contributed by atoms with Gasteiger partial charge in [-0.25, -0.2) is 15.0 Å². The lowest BCUT2D eigenvalue weighted by Gasteiger charge is -2.32. The van der Waals surface area contributed by atoms with E-state index in [9.17, 15) is 0 Å². The maximum atomic E-state index is 6.63. The van der Waals surface area contributed by atoms with E-state index in [0.29, 0.717) is 17.5 Å². The second kappa shape index (κ2) is 13.2. The maximum absolute atomic E-state index is 6.63. The van der Waals surface area contributed by atoms with Crippen molar-refractivity contribution in [1.82, 2.24) is 15.0 Å². The van der Waals surface area contributed by atoms with Crippen LogP contribution in [0.2, 0.25) is 0 Å². The summed E-state index contributed by atoms with van der Waals surface area (Å²) in [4.78, 5) is 15.1. The molecule has 51 heavy (non-hydrogen) atoms. The van der Waals surface area contributed by atoms with E-state index in [2.05, 4.69) is 113 Å². The Balaban J connectivity index is 1.35. The van der Waals surface area contributed by atoms with Gasteiger partial charge >= 0.3 is 7.12 Å². The molecule has 6 aromatic carbocycles. The molecule has 0 unspecified atom stereocenters. The number of hydrogen-bond donors (Lipinski definition) is 0. The second-order valence-corrected chi connectivity index (χ2v) is 14.0. The van der Waals surface area contributed by atoms with Gasteiger partial charge in [0, 0.05) is 16.7 Å². The molecule has 0 saturated carbocycles. The summed E-state index contributed by atoms with van der Waals surface area (Å²) in [5.74, 6) is 1.80. The number of hydrogen-bond acceptors (Lipinski definition) is 5. The van der Waals surface area contributed by atoms with Gasteiger partial charge in [0.05, 0.1) is 11.2 Å². The molecular formula is C45H38BN3O2. The molecular weight excluding hydrogens is 625 g/mol. The number of rotatable bonds is 7. The fourth-order valence-electron chi connectivity index (χ4n) is 6.39. The van der Waals surface area contributed by atoms with Crippen LogP contribution in [-0.4, -0.2) is 33.3 Å². The molecule has 8 rings (SSSR count). The van der Waals surface area contributed by atoms with Crippen LogP contribution < -0.4 is 5.46 Å². The van der Waals surface area contributed by atoms with Gasteiger partial charge in [0.15, 0.2) is 17.5 Å². The van der Waals surface area contributed by atoms with E-state index in [1.165, 1.54) is 0 Å². The van der Waals surface area contributed by atoms with E-state index in [1.54, 1.807) is 0 Å². The van der Waals surface area contributed by atoms with Gasteiger partial charge in [0.1, 0.15) is 0 Å². The molecule has 0 amide bonds. The summed E-state index contributed by atoms with van der Waals surface area (Å²) in [5.41, 5.74) is 9.21. The Labute approximate surface area is 300 Å². The van der Waals surface area contributed by atoms with Crippen LogP contribution in [0.5, 0.6) is 0 Å². The van der Waals surface area contributed by atoms with Crippen molar-refractivity contribution < 1.29 is 9.31 Å². The Kier molecular flexibility index (Phi) is 8.43. The van der Waals surface area contributed by atoms with Crippen molar-refractivity contribution in [3.05, 3.63) is 158 Å². The molecule has 1 aliphatic rings. The van der Waals surface area contributed by atoms with Crippen molar-refractivity contribution in [2.75, 3.05) is 0 Å². The van der Waals surface area contributed by atoms with E-state index in [-0.39, 0.29) is 0 Å². The zero-order chi connectivity index (χ0) is 35.0. The normalized spacial score (nSPS) is 14.8. The highest BCUT2D eigenvalue weighted by atomic mass is 16.7. The highest BCUT2D eigenvalue weighted by molar-refractivity contribution is 6.62. The summed E-state index contributed by atoms with van der Waals surface area (Å²) in [5, 5.41) is 0. The molecule has 0 spiro atoms. The number of aromatic nitrogens is 3. The van der Waals surface area contributed by atoms with Crippen LogP contribution in [0.15, 0.2) is 158 Å². The van der Waals surface area contributed by atoms with Gasteiger partial charge in [-0.1, -0.05) is 133 Å². The summed E-state index contributed by atoms with van der Waals surface area (Å²) in [7, 11) is -0.580. The topological polar surface area (TPSA) is 57.1 Å². The lowest BCUT2D eigenvalue weighted by molar-refractivity contribution is 0.00578. The van der Waals surface area contributed by atoms with Crippen LogP contribution in [0.4, 0.5) is 0 Å². The monoisotopic (exact) mass is 663 g/mol. The Morgan fingerprint density at radius 3 is 1.06 bits per heavy atom. The maximum Gasteiger partial charge on any atom is 0.494 e. The smallest absolute Gasteiger partial charge is 0.399 e. The first-order valence-corrected chi connectivity index (χ1v) is 17.4. The molecule has 6 heteroatoms. The third-order valence-electron chi connectivity index (χ3n) is 9.92. The Morgan fingerprint density at radius 2 is 0.647 bits per heavy atom. The first kappa shape index (κ1) is 32.5. The van der Waals surface area contributed by atoms with Crippen LogP contribution in [0.1, 0.15) is 27.7 Å². The highest BCUT2D eigenvalue weighted by Crippen LogP contribution is 2.38. The van der Waals surface area contributed by atoms with Crippen LogP contribution in [0.25, 0.3) is 67.5 Å². The summed E-state index contributed by atoms with van der Waals surface area (Å²) < 4.78 is 13.3. The summed E-state index contributed by atoms with van der Waals surface area (Å²) >= 11 is 0. The first-order valence-electron chi connectivity index (χ1n) is 17.4. The zero-order valence-corrected chi connectivity index (χ0v) is 29.2. The zero-order valence-electron chi connectivity index (χ0n) is 29.2. The van der Waals surface area contributed by atoms with E-state index >= 15 is 0 Å². The van der Waals surface area contributed by atoms with Gasteiger partial charge in [-0.2, -0.15) is 0 Å². The minimum absolute atomic E-state index is 0.504. The van der Waals surface area contributed by atoms with Gasteiger partial charge < -0.3 is 9.31 Å². The van der Waals surface area contributed by atoms with Crippen molar-refractivity contribution in [3.8, 4) is 67.5 Å². The molecule has 5 nitrogen and oxygen atoms in total. The lowest BCUT2D eigenvalue weighted by atomic mass is 9.76. The minimum Gasteiger partial charge on any atom is -0.399 e. The van der Waals surface area contributed by atoms with Crippen LogP contribution >= 0.6 is 0 Å². The summed E-state index contributed by atoms with van der Waals surface area (Å²) in [6.45, 7) is 8.32. The van der Waals surface area contributed by atoms with Crippen LogP contribution in [0, 0.1) is 0 Å². The van der Waals surface area contributed by atoms with Gasteiger partial charge in [-0.15, -0.1) is 0 Å². The molecule has 0 bridgehead atoms. The van der Waals surface area contributed by atoms with E-state index in [1.807, 2.05) is 72.8 Å². The quantitative estimate of drug-likeness (QED) is 0.159. The van der Waals surface area contributed by atoms with Crippen molar-refractivity contribution in [3.63, 3.8) is 0 Å². The molecule has 0 radical (unpaired) electrons. The Morgan fingerprint density at radius 1 is 0.353 bits per heavy atom. The Hall–Kier alpha value is -5.69. The number of benzene rings is 6. The van der Waals surface area contributed by atoms with Crippen LogP contribution in [0.3, 0.4) is 0 Å². The molecule has 7 aromatic rings. The van der Waals surface area contributed by atoms with E-state index in [4.69, 9.17) is 24.3 Å². The molecule has 0 N–H and O–H groups in total. The van der Waals surface area contributed by atoms with Crippen molar-refractivity contribution in [2.45, 2.75) is 38.9 Å². The molecule has 1 fully saturated rings. The second-order valence-electron chi connectivity index (χ2n) is 14.0. The average molecular weight is 664 g/mol. The summed E-state index contributed by atoms with van der Waals surface area (Å²) in [6, 6.07) is 54.4. The Bertz CT molecular complexity index is 2040. The first-order chi connectivity index (χ1) is 24.7. The van der Waals surface area contributed by atoms with Crippen LogP contribution in [-0.2, 0) is 9.31 Å². The molecule has 1 aromatic heterocycles. The van der Waals surface area contributed by atoms with E-state index < -0.39 is 18.3 Å². The largest absolute Gasteiger partial charge is 0.494 e. The predicted octanol–water partition coefficient (Wildman–Crippen LogP) is 10.2. The van der Waals surface area contributed by atoms with E-state index in [0.717, 1.165) is 55.5 Å². The molecule has 1 aliphatic heterocycles. The molecule has 0 aliphatic carbocycles. The van der Waals surface area contributed by atoms with Gasteiger partial charge in [0.2, 0.25) is 0 Å². The fourth-order valence-corrected chi connectivity index (χ4v) is 6.39. The molecule has 1 saturated heterocycles. The van der Waals surface area contributed by atoms with Gasteiger partial charge in [-0.3, -0.25) is 0 Å². The standard InChI is InChI=1S/C45H38BN3O2/c1-44(2)45(3,4)51-46(50-44)40-29-38(37-26-35(31-17-9-5-10-18-31)25-36(27-37)32-19-11-6-12-20-32)28-39(30-40)43-48-41(33-21-13-7-14-22-33)47-42(49-43)34-23-15-8-16-24-34/h5-30H,1-4H3. The minimum atomic E-state index is -0.580. The lowest BCUT2D eigenvalue weighted by Crippen LogP contribution is -2.41. The van der Waals surface area contributed by atoms with Crippen molar-refractivity contribution in [2.24, 2.45) is 0 Å². The number of nitrogens with zero attached hydrogens (tertiary/aromatic N) is 3. The van der Waals surface area contributed by atoms with Gasteiger partial charge in [0.25, 0.3) is 0 Å². The van der Waals surface area contributed by atoms with Crippen molar-refractivity contribution in [1.29, 1.82) is 0 Å². The SMILES string of the molecule is CC1(C)OB(c2cc(-c3cc(-c4ccccc4)cc(-c4ccccc4)c3)cc(-c3nc(-c4ccccc4)nc(-c4ccccc4)n3)c2)OC1(C)C. The molecule has 2 heterocycles. The predicted molar refractivity (Wildman–Crippen MR) is 208 cm³/mol. The molecule has 248 valence electrons. The third-order valence-corrected chi connectivity index (χ3v) is 9.92.